The highest BCUT2D eigenvalue weighted by molar-refractivity contribution is 5.80. The Morgan fingerprint density at radius 3 is 2.57 bits per heavy atom. The quantitative estimate of drug-likeness (QED) is 0.628. The molecule has 0 radical (unpaired) electrons. The molecule has 0 saturated carbocycles. The van der Waals surface area contributed by atoms with Crippen molar-refractivity contribution >= 4 is 10.9 Å². The Morgan fingerprint density at radius 1 is 1.14 bits per heavy atom. The zero-order valence-corrected chi connectivity index (χ0v) is 8.70. The number of aryl methyl sites for hydroxylation is 3. The van der Waals surface area contributed by atoms with Crippen LogP contribution >= 0.6 is 0 Å². The summed E-state index contributed by atoms with van der Waals surface area (Å²) in [5.74, 6) is 0.318. The highest BCUT2D eigenvalue weighted by Crippen LogP contribution is 2.20. The molecule has 0 aliphatic rings. The van der Waals surface area contributed by atoms with Gasteiger partial charge < -0.3 is 5.11 Å². The lowest BCUT2D eigenvalue weighted by atomic mass is 10.1. The molecule has 0 spiro atoms. The first-order valence-electron chi connectivity index (χ1n) is 4.68. The summed E-state index contributed by atoms with van der Waals surface area (Å²) in [6, 6.07) is 7.64. The average molecular weight is 188 g/mol. The highest BCUT2D eigenvalue weighted by atomic mass is 16.3. The standard InChI is InChI=1S/C12H13NO/c1-8-6-9(2)13(3)12-7-10(14)4-5-11(8)12/h4-7H,1-3H3/p+1. The molecule has 2 aromatic rings. The SMILES string of the molecule is Cc1cc(C)[n+](C)c2cc(O)ccc12. The van der Waals surface area contributed by atoms with Gasteiger partial charge in [-0.05, 0) is 24.6 Å². The van der Waals surface area contributed by atoms with E-state index in [2.05, 4.69) is 24.5 Å². The van der Waals surface area contributed by atoms with Crippen molar-refractivity contribution in [2.75, 3.05) is 0 Å². The van der Waals surface area contributed by atoms with Crippen molar-refractivity contribution < 1.29 is 9.67 Å². The van der Waals surface area contributed by atoms with Crippen molar-refractivity contribution in [3.63, 3.8) is 0 Å². The van der Waals surface area contributed by atoms with Crippen LogP contribution in [0.25, 0.3) is 10.9 Å². The monoisotopic (exact) mass is 188 g/mol. The third-order valence-corrected chi connectivity index (χ3v) is 2.72. The first kappa shape index (κ1) is 9.00. The van der Waals surface area contributed by atoms with Crippen molar-refractivity contribution in [3.8, 4) is 5.75 Å². The lowest BCUT2D eigenvalue weighted by Crippen LogP contribution is -2.32. The Morgan fingerprint density at radius 2 is 1.86 bits per heavy atom. The van der Waals surface area contributed by atoms with Crippen LogP contribution in [0.15, 0.2) is 24.3 Å². The van der Waals surface area contributed by atoms with Gasteiger partial charge in [-0.15, -0.1) is 0 Å². The Balaban J connectivity index is 2.95. The Labute approximate surface area is 83.4 Å². The summed E-state index contributed by atoms with van der Waals surface area (Å²) in [7, 11) is 2.01. The minimum Gasteiger partial charge on any atom is -0.508 e. The zero-order valence-electron chi connectivity index (χ0n) is 8.70. The van der Waals surface area contributed by atoms with Crippen molar-refractivity contribution in [3.05, 3.63) is 35.5 Å². The Hall–Kier alpha value is -1.57. The first-order valence-corrected chi connectivity index (χ1v) is 4.68. The van der Waals surface area contributed by atoms with Crippen molar-refractivity contribution in [1.82, 2.24) is 0 Å². The van der Waals surface area contributed by atoms with Gasteiger partial charge in [0.15, 0.2) is 5.69 Å². The van der Waals surface area contributed by atoms with Crippen molar-refractivity contribution in [1.29, 1.82) is 0 Å². The summed E-state index contributed by atoms with van der Waals surface area (Å²) in [6.45, 7) is 4.16. The van der Waals surface area contributed by atoms with E-state index in [9.17, 15) is 5.11 Å². The maximum atomic E-state index is 9.42. The van der Waals surface area contributed by atoms with E-state index in [1.165, 1.54) is 16.6 Å². The van der Waals surface area contributed by atoms with Gasteiger partial charge in [0.2, 0.25) is 5.52 Å². The van der Waals surface area contributed by atoms with E-state index >= 15 is 0 Å². The fraction of sp³-hybridized carbons (Fsp3) is 0.250. The molecular formula is C12H14NO+. The zero-order chi connectivity index (χ0) is 10.3. The summed E-state index contributed by atoms with van der Waals surface area (Å²) >= 11 is 0. The number of phenolic OH excluding ortho intramolecular Hbond substituents is 1. The van der Waals surface area contributed by atoms with Crippen LogP contribution in [0.1, 0.15) is 11.3 Å². The molecule has 0 fully saturated rings. The van der Waals surface area contributed by atoms with Crippen LogP contribution < -0.4 is 4.57 Å². The molecule has 0 amide bonds. The van der Waals surface area contributed by atoms with Gasteiger partial charge in [0.1, 0.15) is 12.8 Å². The molecule has 0 aliphatic carbocycles. The number of aromatic hydroxyl groups is 1. The number of phenols is 1. The minimum absolute atomic E-state index is 0.318. The van der Waals surface area contributed by atoms with E-state index < -0.39 is 0 Å². The van der Waals surface area contributed by atoms with E-state index in [1.54, 1.807) is 12.1 Å². The summed E-state index contributed by atoms with van der Waals surface area (Å²) in [4.78, 5) is 0. The van der Waals surface area contributed by atoms with Crippen LogP contribution in [-0.4, -0.2) is 5.11 Å². The van der Waals surface area contributed by atoms with Crippen LogP contribution in [0.5, 0.6) is 5.75 Å². The Kier molecular flexibility index (Phi) is 1.92. The van der Waals surface area contributed by atoms with Gasteiger partial charge in [-0.3, -0.25) is 0 Å². The summed E-state index contributed by atoms with van der Waals surface area (Å²) in [5, 5.41) is 10.6. The third kappa shape index (κ3) is 1.23. The topological polar surface area (TPSA) is 24.1 Å². The van der Waals surface area contributed by atoms with Gasteiger partial charge in [0, 0.05) is 18.4 Å². The number of pyridine rings is 1. The smallest absolute Gasteiger partial charge is 0.216 e. The number of rotatable bonds is 0. The van der Waals surface area contributed by atoms with E-state index in [4.69, 9.17) is 0 Å². The van der Waals surface area contributed by atoms with Gasteiger partial charge in [-0.1, -0.05) is 0 Å². The van der Waals surface area contributed by atoms with E-state index in [1.807, 2.05) is 13.1 Å². The molecule has 0 unspecified atom stereocenters. The highest BCUT2D eigenvalue weighted by Gasteiger charge is 2.11. The number of nitrogens with zero attached hydrogens (tertiary/aromatic N) is 1. The molecule has 0 aliphatic heterocycles. The molecule has 14 heavy (non-hydrogen) atoms. The second-order valence-electron chi connectivity index (χ2n) is 3.73. The molecule has 72 valence electrons. The molecule has 0 bridgehead atoms. The largest absolute Gasteiger partial charge is 0.508 e. The fourth-order valence-electron chi connectivity index (χ4n) is 1.81. The lowest BCUT2D eigenvalue weighted by Gasteiger charge is -2.03. The van der Waals surface area contributed by atoms with E-state index in [0.29, 0.717) is 5.75 Å². The predicted molar refractivity (Wildman–Crippen MR) is 56.3 cm³/mol. The maximum absolute atomic E-state index is 9.42. The van der Waals surface area contributed by atoms with Gasteiger partial charge in [0.25, 0.3) is 0 Å². The Bertz CT molecular complexity index is 503. The molecule has 2 nitrogen and oxygen atoms in total. The van der Waals surface area contributed by atoms with Crippen LogP contribution in [0, 0.1) is 13.8 Å². The van der Waals surface area contributed by atoms with Crippen molar-refractivity contribution in [2.24, 2.45) is 7.05 Å². The minimum atomic E-state index is 0.318. The molecule has 1 aromatic carbocycles. The van der Waals surface area contributed by atoms with Crippen LogP contribution in [0.4, 0.5) is 0 Å². The summed E-state index contributed by atoms with van der Waals surface area (Å²) in [5.41, 5.74) is 3.51. The van der Waals surface area contributed by atoms with Crippen LogP contribution in [0.2, 0.25) is 0 Å². The number of aromatic nitrogens is 1. The first-order chi connectivity index (χ1) is 6.59. The molecule has 2 rings (SSSR count). The van der Waals surface area contributed by atoms with Crippen LogP contribution in [0.3, 0.4) is 0 Å². The maximum Gasteiger partial charge on any atom is 0.216 e. The molecule has 1 aromatic heterocycles. The van der Waals surface area contributed by atoms with Gasteiger partial charge in [-0.2, -0.15) is 4.57 Å². The van der Waals surface area contributed by atoms with E-state index in [0.717, 1.165) is 5.52 Å². The molecular weight excluding hydrogens is 174 g/mol. The lowest BCUT2D eigenvalue weighted by molar-refractivity contribution is -0.651. The molecule has 2 heteroatoms. The fourth-order valence-corrected chi connectivity index (χ4v) is 1.81. The number of hydrogen-bond acceptors (Lipinski definition) is 1. The third-order valence-electron chi connectivity index (χ3n) is 2.72. The van der Waals surface area contributed by atoms with Gasteiger partial charge in [-0.25, -0.2) is 0 Å². The second kappa shape index (κ2) is 2.98. The van der Waals surface area contributed by atoms with Gasteiger partial charge >= 0.3 is 0 Å². The molecule has 0 saturated heterocycles. The van der Waals surface area contributed by atoms with Crippen LogP contribution in [-0.2, 0) is 7.05 Å². The molecule has 1 heterocycles. The summed E-state index contributed by atoms with van der Waals surface area (Å²) in [6.07, 6.45) is 0. The average Bonchev–Trinajstić information content (AvgIpc) is 2.14. The number of hydrogen-bond donors (Lipinski definition) is 1. The normalized spacial score (nSPS) is 10.8. The van der Waals surface area contributed by atoms with Gasteiger partial charge in [0.05, 0.1) is 6.07 Å². The number of fused-ring (bicyclic) bond motifs is 1. The molecule has 1 N–H and O–H groups in total. The predicted octanol–water partition coefficient (Wildman–Crippen LogP) is 1.99. The van der Waals surface area contributed by atoms with E-state index in [-0.39, 0.29) is 0 Å². The second-order valence-corrected chi connectivity index (χ2v) is 3.73. The van der Waals surface area contributed by atoms with Crippen molar-refractivity contribution in [2.45, 2.75) is 13.8 Å². The number of benzene rings is 1. The molecule has 0 atom stereocenters. The summed E-state index contributed by atoms with van der Waals surface area (Å²) < 4.78 is 2.09.